The standard InChI is InChI=1S/C15H22N2O3S/c1-3-20-13-6-4-12(5-7-13)17-14(18)16-10-15(19-2)8-9-21-11-15/h4-7H,3,8-11H2,1-2H3,(H2,16,17,18). The monoisotopic (exact) mass is 310 g/mol. The van der Waals surface area contributed by atoms with Crippen LogP contribution in [0.2, 0.25) is 0 Å². The Kier molecular flexibility index (Phi) is 5.76. The maximum Gasteiger partial charge on any atom is 0.319 e. The molecule has 21 heavy (non-hydrogen) atoms. The zero-order valence-electron chi connectivity index (χ0n) is 12.5. The van der Waals surface area contributed by atoms with Gasteiger partial charge in [0.2, 0.25) is 0 Å². The second kappa shape index (κ2) is 7.56. The molecule has 1 aromatic carbocycles. The van der Waals surface area contributed by atoms with E-state index < -0.39 is 0 Å². The highest BCUT2D eigenvalue weighted by Gasteiger charge is 2.34. The Balaban J connectivity index is 1.81. The van der Waals surface area contributed by atoms with Crippen LogP contribution in [0, 0.1) is 0 Å². The minimum absolute atomic E-state index is 0.215. The van der Waals surface area contributed by atoms with Crippen LogP contribution in [0.3, 0.4) is 0 Å². The molecule has 0 spiro atoms. The number of amides is 2. The molecule has 1 aliphatic heterocycles. The van der Waals surface area contributed by atoms with Gasteiger partial charge in [-0.25, -0.2) is 4.79 Å². The van der Waals surface area contributed by atoms with Gasteiger partial charge in [-0.15, -0.1) is 0 Å². The minimum Gasteiger partial charge on any atom is -0.494 e. The van der Waals surface area contributed by atoms with Gasteiger partial charge >= 0.3 is 6.03 Å². The lowest BCUT2D eigenvalue weighted by Gasteiger charge is -2.26. The van der Waals surface area contributed by atoms with Gasteiger partial charge in [0.05, 0.1) is 12.2 Å². The van der Waals surface area contributed by atoms with Crippen LogP contribution in [0.4, 0.5) is 10.5 Å². The summed E-state index contributed by atoms with van der Waals surface area (Å²) < 4.78 is 10.9. The molecule has 0 saturated carbocycles. The molecule has 1 atom stereocenters. The highest BCUT2D eigenvalue weighted by molar-refractivity contribution is 7.99. The Morgan fingerprint density at radius 2 is 2.14 bits per heavy atom. The van der Waals surface area contributed by atoms with Crippen molar-refractivity contribution in [1.29, 1.82) is 0 Å². The molecular formula is C15H22N2O3S. The van der Waals surface area contributed by atoms with Crippen molar-refractivity contribution < 1.29 is 14.3 Å². The summed E-state index contributed by atoms with van der Waals surface area (Å²) in [7, 11) is 1.71. The third-order valence-corrected chi connectivity index (χ3v) is 4.72. The van der Waals surface area contributed by atoms with Gasteiger partial charge in [-0.2, -0.15) is 11.8 Å². The number of carbonyl (C=O) groups excluding carboxylic acids is 1. The van der Waals surface area contributed by atoms with E-state index in [0.29, 0.717) is 13.2 Å². The molecule has 2 N–H and O–H groups in total. The van der Waals surface area contributed by atoms with E-state index in [-0.39, 0.29) is 11.6 Å². The first-order valence-electron chi connectivity index (χ1n) is 7.08. The number of hydrogen-bond acceptors (Lipinski definition) is 4. The lowest BCUT2D eigenvalue weighted by molar-refractivity contribution is 0.0161. The molecule has 1 aliphatic rings. The van der Waals surface area contributed by atoms with Crippen molar-refractivity contribution in [3.05, 3.63) is 24.3 Å². The molecule has 2 rings (SSSR count). The van der Waals surface area contributed by atoms with Crippen LogP contribution < -0.4 is 15.4 Å². The van der Waals surface area contributed by atoms with Gasteiger partial charge in [0, 0.05) is 25.1 Å². The van der Waals surface area contributed by atoms with E-state index in [1.165, 1.54) is 0 Å². The number of hydrogen-bond donors (Lipinski definition) is 2. The topological polar surface area (TPSA) is 59.6 Å². The van der Waals surface area contributed by atoms with Crippen molar-refractivity contribution in [2.45, 2.75) is 18.9 Å². The fourth-order valence-corrected chi connectivity index (χ4v) is 3.58. The van der Waals surface area contributed by atoms with Gasteiger partial charge < -0.3 is 20.1 Å². The van der Waals surface area contributed by atoms with Gasteiger partial charge in [0.1, 0.15) is 5.75 Å². The van der Waals surface area contributed by atoms with Crippen molar-refractivity contribution >= 4 is 23.5 Å². The summed E-state index contributed by atoms with van der Waals surface area (Å²) in [5.74, 6) is 2.80. The Hall–Kier alpha value is -1.40. The average molecular weight is 310 g/mol. The van der Waals surface area contributed by atoms with Crippen LogP contribution >= 0.6 is 11.8 Å². The van der Waals surface area contributed by atoms with Crippen molar-refractivity contribution in [2.75, 3.05) is 37.1 Å². The van der Waals surface area contributed by atoms with E-state index in [9.17, 15) is 4.79 Å². The van der Waals surface area contributed by atoms with E-state index in [0.717, 1.165) is 29.4 Å². The third kappa shape index (κ3) is 4.54. The fraction of sp³-hybridized carbons (Fsp3) is 0.533. The molecule has 5 nitrogen and oxygen atoms in total. The van der Waals surface area contributed by atoms with Crippen LogP contribution in [0.25, 0.3) is 0 Å². The number of nitrogens with one attached hydrogen (secondary N) is 2. The van der Waals surface area contributed by atoms with Gasteiger partial charge in [-0.3, -0.25) is 0 Å². The number of methoxy groups -OCH3 is 1. The van der Waals surface area contributed by atoms with E-state index in [1.807, 2.05) is 43.0 Å². The third-order valence-electron chi connectivity index (χ3n) is 3.49. The van der Waals surface area contributed by atoms with Crippen LogP contribution in [0.5, 0.6) is 5.75 Å². The second-order valence-electron chi connectivity index (χ2n) is 4.95. The number of anilines is 1. The number of benzene rings is 1. The lowest BCUT2D eigenvalue weighted by Crippen LogP contribution is -2.45. The van der Waals surface area contributed by atoms with Gasteiger partial charge in [0.25, 0.3) is 0 Å². The lowest BCUT2D eigenvalue weighted by atomic mass is 10.0. The second-order valence-corrected chi connectivity index (χ2v) is 6.06. The van der Waals surface area contributed by atoms with Crippen molar-refractivity contribution in [3.8, 4) is 5.75 Å². The summed E-state index contributed by atoms with van der Waals surface area (Å²) >= 11 is 1.86. The largest absolute Gasteiger partial charge is 0.494 e. The van der Waals surface area contributed by atoms with E-state index in [1.54, 1.807) is 7.11 Å². The fourth-order valence-electron chi connectivity index (χ4n) is 2.18. The number of ether oxygens (including phenoxy) is 2. The molecule has 0 bridgehead atoms. The zero-order valence-corrected chi connectivity index (χ0v) is 13.3. The highest BCUT2D eigenvalue weighted by atomic mass is 32.2. The first-order chi connectivity index (χ1) is 10.2. The first kappa shape index (κ1) is 16.0. The van der Waals surface area contributed by atoms with E-state index >= 15 is 0 Å². The van der Waals surface area contributed by atoms with Crippen LogP contribution in [-0.4, -0.2) is 43.4 Å². The molecule has 6 heteroatoms. The zero-order chi connectivity index (χ0) is 15.1. The Morgan fingerprint density at radius 3 is 2.71 bits per heavy atom. The molecule has 1 unspecified atom stereocenters. The molecule has 0 aromatic heterocycles. The summed E-state index contributed by atoms with van der Waals surface area (Å²) in [4.78, 5) is 11.9. The Labute approximate surface area is 129 Å². The number of carbonyl (C=O) groups is 1. The molecule has 0 aliphatic carbocycles. The van der Waals surface area contributed by atoms with Gasteiger partial charge in [0.15, 0.2) is 0 Å². The van der Waals surface area contributed by atoms with Crippen LogP contribution in [0.15, 0.2) is 24.3 Å². The SMILES string of the molecule is CCOc1ccc(NC(=O)NCC2(OC)CCSC2)cc1. The summed E-state index contributed by atoms with van der Waals surface area (Å²) in [6.07, 6.45) is 0.970. The predicted octanol–water partition coefficient (Wildman–Crippen LogP) is 2.73. The molecule has 0 radical (unpaired) electrons. The average Bonchev–Trinajstić information content (AvgIpc) is 2.97. The number of urea groups is 1. The van der Waals surface area contributed by atoms with Crippen LogP contribution in [-0.2, 0) is 4.74 Å². The summed E-state index contributed by atoms with van der Waals surface area (Å²) in [5.41, 5.74) is 0.518. The van der Waals surface area contributed by atoms with Crippen molar-refractivity contribution in [1.82, 2.24) is 5.32 Å². The Morgan fingerprint density at radius 1 is 1.38 bits per heavy atom. The predicted molar refractivity (Wildman–Crippen MR) is 86.3 cm³/mol. The maximum atomic E-state index is 11.9. The smallest absolute Gasteiger partial charge is 0.319 e. The summed E-state index contributed by atoms with van der Waals surface area (Å²) in [5, 5.41) is 5.69. The molecular weight excluding hydrogens is 288 g/mol. The summed E-state index contributed by atoms with van der Waals surface area (Å²) in [6.45, 7) is 3.09. The minimum atomic E-state index is -0.221. The van der Waals surface area contributed by atoms with Gasteiger partial charge in [-0.1, -0.05) is 0 Å². The quantitative estimate of drug-likeness (QED) is 0.848. The number of rotatable bonds is 6. The molecule has 1 aromatic rings. The number of thioether (sulfide) groups is 1. The van der Waals surface area contributed by atoms with E-state index in [4.69, 9.17) is 9.47 Å². The Bertz CT molecular complexity index is 458. The van der Waals surface area contributed by atoms with E-state index in [2.05, 4.69) is 10.6 Å². The highest BCUT2D eigenvalue weighted by Crippen LogP contribution is 2.30. The molecule has 1 fully saturated rings. The van der Waals surface area contributed by atoms with Crippen molar-refractivity contribution in [3.63, 3.8) is 0 Å². The molecule has 1 saturated heterocycles. The summed E-state index contributed by atoms with van der Waals surface area (Å²) in [6, 6.07) is 7.10. The maximum absolute atomic E-state index is 11.9. The first-order valence-corrected chi connectivity index (χ1v) is 8.23. The molecule has 116 valence electrons. The molecule has 1 heterocycles. The van der Waals surface area contributed by atoms with Gasteiger partial charge in [-0.05, 0) is 43.4 Å². The molecule has 2 amide bonds. The normalized spacial score (nSPS) is 21.0. The van der Waals surface area contributed by atoms with Crippen LogP contribution in [0.1, 0.15) is 13.3 Å². The van der Waals surface area contributed by atoms with Crippen molar-refractivity contribution in [2.24, 2.45) is 0 Å².